The highest BCUT2D eigenvalue weighted by atomic mass is 32.2. The number of carbonyl (C=O) groups is 1. The van der Waals surface area contributed by atoms with Crippen LogP contribution >= 0.6 is 11.3 Å². The van der Waals surface area contributed by atoms with E-state index in [0.717, 1.165) is 24.0 Å². The summed E-state index contributed by atoms with van der Waals surface area (Å²) in [5, 5.41) is 4.93. The van der Waals surface area contributed by atoms with E-state index in [9.17, 15) is 13.2 Å². The summed E-state index contributed by atoms with van der Waals surface area (Å²) < 4.78 is 27.0. The molecule has 27 heavy (non-hydrogen) atoms. The lowest BCUT2D eigenvalue weighted by Crippen LogP contribution is -2.30. The molecule has 0 radical (unpaired) electrons. The average molecular weight is 409 g/mol. The molecule has 0 fully saturated rings. The fourth-order valence-electron chi connectivity index (χ4n) is 2.91. The number of aryl methyl sites for hydroxylation is 2. The molecule has 0 aliphatic carbocycles. The van der Waals surface area contributed by atoms with Crippen molar-refractivity contribution in [3.8, 4) is 0 Å². The molecule has 0 saturated heterocycles. The number of nitrogens with zero attached hydrogens (tertiary/aromatic N) is 1. The molecule has 0 aliphatic heterocycles. The summed E-state index contributed by atoms with van der Waals surface area (Å²) in [6.07, 6.45) is 2.05. The van der Waals surface area contributed by atoms with Gasteiger partial charge in [-0.15, -0.1) is 11.3 Å². The lowest BCUT2D eigenvalue weighted by Gasteiger charge is -2.20. The van der Waals surface area contributed by atoms with Gasteiger partial charge in [0.25, 0.3) is 0 Å². The van der Waals surface area contributed by atoms with Crippen LogP contribution in [-0.2, 0) is 21.2 Å². The molecule has 148 valence electrons. The van der Waals surface area contributed by atoms with Gasteiger partial charge in [-0.3, -0.25) is 4.79 Å². The lowest BCUT2D eigenvalue weighted by molar-refractivity contribution is -0.116. The third-order valence-corrected chi connectivity index (χ3v) is 7.63. The number of rotatable bonds is 9. The summed E-state index contributed by atoms with van der Waals surface area (Å²) in [5.41, 5.74) is 2.30. The standard InChI is InChI=1S/C20H28N2O3S2/c1-5-22(6-2)27(24,25)18-13-15(3)16(4)19(14-18)21-20(23)11-7-9-17-10-8-12-26-17/h8,10,12-14H,5-7,9,11H2,1-4H3,(H,21,23). The number of carbonyl (C=O) groups excluding carboxylic acids is 1. The van der Waals surface area contributed by atoms with E-state index in [1.54, 1.807) is 23.5 Å². The predicted octanol–water partition coefficient (Wildman–Crippen LogP) is 4.36. The van der Waals surface area contributed by atoms with Gasteiger partial charge in [0, 0.05) is 30.1 Å². The van der Waals surface area contributed by atoms with Crippen LogP contribution in [0.5, 0.6) is 0 Å². The lowest BCUT2D eigenvalue weighted by atomic mass is 10.1. The number of anilines is 1. The van der Waals surface area contributed by atoms with E-state index in [-0.39, 0.29) is 10.8 Å². The molecular weight excluding hydrogens is 380 g/mol. The predicted molar refractivity (Wildman–Crippen MR) is 112 cm³/mol. The van der Waals surface area contributed by atoms with Crippen molar-refractivity contribution in [3.05, 3.63) is 45.6 Å². The quantitative estimate of drug-likeness (QED) is 0.670. The van der Waals surface area contributed by atoms with Crippen molar-refractivity contribution in [1.29, 1.82) is 0 Å². The molecule has 2 aromatic rings. The van der Waals surface area contributed by atoms with Crippen LogP contribution in [0, 0.1) is 13.8 Å². The van der Waals surface area contributed by atoms with Gasteiger partial charge in [-0.2, -0.15) is 4.31 Å². The second kappa shape index (κ2) is 9.48. The first kappa shape index (κ1) is 21.6. The number of benzene rings is 1. The average Bonchev–Trinajstić information content (AvgIpc) is 3.13. The van der Waals surface area contributed by atoms with E-state index in [0.29, 0.717) is 25.2 Å². The SMILES string of the molecule is CCN(CC)S(=O)(=O)c1cc(C)c(C)c(NC(=O)CCCc2cccs2)c1. The van der Waals surface area contributed by atoms with Crippen LogP contribution in [0.15, 0.2) is 34.5 Å². The second-order valence-corrected chi connectivity index (χ2v) is 9.45. The molecule has 1 aromatic heterocycles. The number of hydrogen-bond acceptors (Lipinski definition) is 4. The minimum absolute atomic E-state index is 0.0913. The van der Waals surface area contributed by atoms with Crippen LogP contribution in [-0.4, -0.2) is 31.7 Å². The van der Waals surface area contributed by atoms with Gasteiger partial charge in [0.15, 0.2) is 0 Å². The van der Waals surface area contributed by atoms with E-state index in [2.05, 4.69) is 11.4 Å². The fourth-order valence-corrected chi connectivity index (χ4v) is 5.23. The van der Waals surface area contributed by atoms with Crippen molar-refractivity contribution < 1.29 is 13.2 Å². The smallest absolute Gasteiger partial charge is 0.243 e. The van der Waals surface area contributed by atoms with Crippen molar-refractivity contribution in [2.75, 3.05) is 18.4 Å². The van der Waals surface area contributed by atoms with Gasteiger partial charge in [0.1, 0.15) is 0 Å². The molecule has 0 spiro atoms. The van der Waals surface area contributed by atoms with Crippen molar-refractivity contribution in [1.82, 2.24) is 4.31 Å². The Morgan fingerprint density at radius 2 is 1.89 bits per heavy atom. The van der Waals surface area contributed by atoms with Crippen molar-refractivity contribution >= 4 is 33.0 Å². The highest BCUT2D eigenvalue weighted by Crippen LogP contribution is 2.26. The maximum Gasteiger partial charge on any atom is 0.243 e. The van der Waals surface area contributed by atoms with E-state index >= 15 is 0 Å². The van der Waals surface area contributed by atoms with Gasteiger partial charge in [-0.05, 0) is 61.4 Å². The monoisotopic (exact) mass is 408 g/mol. The number of sulfonamides is 1. The Bertz CT molecular complexity index is 871. The molecule has 1 amide bonds. The Balaban J connectivity index is 2.14. The van der Waals surface area contributed by atoms with E-state index in [1.807, 2.05) is 39.1 Å². The summed E-state index contributed by atoms with van der Waals surface area (Å²) >= 11 is 1.69. The molecule has 0 atom stereocenters. The Morgan fingerprint density at radius 3 is 2.48 bits per heavy atom. The second-order valence-electron chi connectivity index (χ2n) is 6.48. The molecule has 0 saturated carbocycles. The third kappa shape index (κ3) is 5.40. The van der Waals surface area contributed by atoms with Crippen LogP contribution in [0.1, 0.15) is 42.7 Å². The van der Waals surface area contributed by atoms with Crippen molar-refractivity contribution in [2.45, 2.75) is 51.9 Å². The fraction of sp³-hybridized carbons (Fsp3) is 0.450. The summed E-state index contributed by atoms with van der Waals surface area (Å²) in [7, 11) is -3.56. The summed E-state index contributed by atoms with van der Waals surface area (Å²) in [4.78, 5) is 13.8. The normalized spacial score (nSPS) is 11.7. The minimum Gasteiger partial charge on any atom is -0.326 e. The summed E-state index contributed by atoms with van der Waals surface area (Å²) in [6.45, 7) is 8.22. The van der Waals surface area contributed by atoms with Gasteiger partial charge in [-0.1, -0.05) is 19.9 Å². The Hall–Kier alpha value is -1.70. The van der Waals surface area contributed by atoms with E-state index in [1.165, 1.54) is 9.18 Å². The topological polar surface area (TPSA) is 66.5 Å². The van der Waals surface area contributed by atoms with Crippen molar-refractivity contribution in [3.63, 3.8) is 0 Å². The largest absolute Gasteiger partial charge is 0.326 e. The first-order chi connectivity index (χ1) is 12.8. The first-order valence-electron chi connectivity index (χ1n) is 9.23. The number of hydrogen-bond donors (Lipinski definition) is 1. The van der Waals surface area contributed by atoms with Crippen LogP contribution in [0.2, 0.25) is 0 Å². The van der Waals surface area contributed by atoms with Crippen LogP contribution in [0.25, 0.3) is 0 Å². The Labute approximate surface area is 166 Å². The highest BCUT2D eigenvalue weighted by molar-refractivity contribution is 7.89. The molecule has 7 heteroatoms. The molecule has 0 bridgehead atoms. The minimum atomic E-state index is -3.56. The van der Waals surface area contributed by atoms with Gasteiger partial charge < -0.3 is 5.32 Å². The maximum atomic E-state index is 12.8. The molecule has 1 aromatic carbocycles. The van der Waals surface area contributed by atoms with Gasteiger partial charge >= 0.3 is 0 Å². The van der Waals surface area contributed by atoms with Crippen LogP contribution in [0.3, 0.4) is 0 Å². The zero-order chi connectivity index (χ0) is 20.0. The summed E-state index contributed by atoms with van der Waals surface area (Å²) in [6, 6.07) is 7.33. The Morgan fingerprint density at radius 1 is 1.19 bits per heavy atom. The molecule has 2 rings (SSSR count). The molecule has 1 N–H and O–H groups in total. The maximum absolute atomic E-state index is 12.8. The number of nitrogens with one attached hydrogen (secondary N) is 1. The Kier molecular flexibility index (Phi) is 7.59. The first-order valence-corrected chi connectivity index (χ1v) is 11.5. The van der Waals surface area contributed by atoms with E-state index in [4.69, 9.17) is 0 Å². The third-order valence-electron chi connectivity index (χ3n) is 4.67. The van der Waals surface area contributed by atoms with Gasteiger partial charge in [0.2, 0.25) is 15.9 Å². The van der Waals surface area contributed by atoms with Crippen LogP contribution in [0.4, 0.5) is 5.69 Å². The molecule has 0 aliphatic rings. The highest BCUT2D eigenvalue weighted by Gasteiger charge is 2.23. The van der Waals surface area contributed by atoms with Crippen molar-refractivity contribution in [2.24, 2.45) is 0 Å². The van der Waals surface area contributed by atoms with Crippen LogP contribution < -0.4 is 5.32 Å². The molecule has 1 heterocycles. The zero-order valence-corrected chi connectivity index (χ0v) is 18.0. The molecule has 5 nitrogen and oxygen atoms in total. The molecular formula is C20H28N2O3S2. The van der Waals surface area contributed by atoms with Gasteiger partial charge in [0.05, 0.1) is 4.90 Å². The van der Waals surface area contributed by atoms with Gasteiger partial charge in [-0.25, -0.2) is 8.42 Å². The molecule has 0 unspecified atom stereocenters. The number of amides is 1. The number of thiophene rings is 1. The summed E-state index contributed by atoms with van der Waals surface area (Å²) in [5.74, 6) is -0.0913. The van der Waals surface area contributed by atoms with E-state index < -0.39 is 10.0 Å². The zero-order valence-electron chi connectivity index (χ0n) is 16.4.